The third kappa shape index (κ3) is 2.60. The normalized spacial score (nSPS) is 21.1. The van der Waals surface area contributed by atoms with E-state index in [9.17, 15) is 0 Å². The number of aliphatic imine (C=N–C) groups is 2. The van der Waals surface area contributed by atoms with Gasteiger partial charge in [0.05, 0.1) is 22.8 Å². The van der Waals surface area contributed by atoms with E-state index in [4.69, 9.17) is 9.98 Å². The zero-order valence-corrected chi connectivity index (χ0v) is 16.8. The predicted octanol–water partition coefficient (Wildman–Crippen LogP) is 5.44. The van der Waals surface area contributed by atoms with Crippen LogP contribution < -0.4 is 5.32 Å². The molecular weight excluding hydrogens is 344 g/mol. The van der Waals surface area contributed by atoms with Gasteiger partial charge in [0.15, 0.2) is 0 Å². The van der Waals surface area contributed by atoms with Gasteiger partial charge in [-0.15, -0.1) is 0 Å². The van der Waals surface area contributed by atoms with E-state index in [1.54, 1.807) is 0 Å². The van der Waals surface area contributed by atoms with Crippen molar-refractivity contribution in [3.05, 3.63) is 81.8 Å². The van der Waals surface area contributed by atoms with Gasteiger partial charge in [-0.2, -0.15) is 0 Å². The van der Waals surface area contributed by atoms with Crippen molar-refractivity contribution in [2.45, 2.75) is 40.5 Å². The van der Waals surface area contributed by atoms with Crippen LogP contribution in [-0.4, -0.2) is 16.4 Å². The summed E-state index contributed by atoms with van der Waals surface area (Å²) in [5.74, 6) is 0. The minimum atomic E-state index is 1.02. The smallest absolute Gasteiger partial charge is 0.0687 e. The average molecular weight is 368 g/mol. The van der Waals surface area contributed by atoms with Gasteiger partial charge < -0.3 is 10.3 Å². The number of fused-ring (bicyclic) bond motifs is 6. The summed E-state index contributed by atoms with van der Waals surface area (Å²) in [6, 6.07) is 2.20. The van der Waals surface area contributed by atoms with Gasteiger partial charge in [-0.05, 0) is 98.8 Å². The first-order chi connectivity index (χ1) is 13.5. The molecule has 5 rings (SSSR count). The van der Waals surface area contributed by atoms with Crippen LogP contribution in [0.3, 0.4) is 0 Å². The summed E-state index contributed by atoms with van der Waals surface area (Å²) in [6.07, 6.45) is 12.6. The molecular formula is C24H24N4. The quantitative estimate of drug-likeness (QED) is 0.629. The van der Waals surface area contributed by atoms with Crippen LogP contribution >= 0.6 is 0 Å². The molecule has 0 saturated carbocycles. The van der Waals surface area contributed by atoms with Gasteiger partial charge in [-0.3, -0.25) is 0 Å². The Hall–Kier alpha value is -3.14. The van der Waals surface area contributed by atoms with Crippen LogP contribution in [0.2, 0.25) is 0 Å². The molecule has 5 heterocycles. The van der Waals surface area contributed by atoms with Crippen molar-refractivity contribution < 1.29 is 0 Å². The Balaban J connectivity index is 1.74. The number of H-pyrrole nitrogens is 1. The Labute approximate surface area is 165 Å². The molecule has 4 heteroatoms. The molecule has 140 valence electrons. The average Bonchev–Trinajstić information content (AvgIpc) is 3.49. The summed E-state index contributed by atoms with van der Waals surface area (Å²) < 4.78 is 0. The van der Waals surface area contributed by atoms with Crippen molar-refractivity contribution in [2.75, 3.05) is 0 Å². The van der Waals surface area contributed by atoms with E-state index in [-0.39, 0.29) is 0 Å². The number of aromatic amines is 1. The summed E-state index contributed by atoms with van der Waals surface area (Å²) in [5, 5.41) is 3.65. The zero-order chi connectivity index (χ0) is 19.4. The number of hydrogen-bond donors (Lipinski definition) is 2. The number of allylic oxidation sites excluding steroid dienone is 10. The predicted molar refractivity (Wildman–Crippen MR) is 117 cm³/mol. The number of nitrogens with zero attached hydrogens (tertiary/aromatic N) is 2. The second-order valence-electron chi connectivity index (χ2n) is 7.82. The van der Waals surface area contributed by atoms with Crippen molar-refractivity contribution in [3.8, 4) is 0 Å². The molecule has 0 amide bonds. The van der Waals surface area contributed by atoms with E-state index in [1.165, 1.54) is 33.7 Å². The lowest BCUT2D eigenvalue weighted by molar-refractivity contribution is 1.03. The lowest BCUT2D eigenvalue weighted by Gasteiger charge is -2.09. The third-order valence-corrected chi connectivity index (χ3v) is 6.17. The fourth-order valence-electron chi connectivity index (χ4n) is 4.10. The minimum Gasteiger partial charge on any atom is -0.362 e. The van der Waals surface area contributed by atoms with Gasteiger partial charge in [0, 0.05) is 23.3 Å². The Morgan fingerprint density at radius 1 is 0.714 bits per heavy atom. The maximum atomic E-state index is 4.92. The summed E-state index contributed by atoms with van der Waals surface area (Å²) in [6.45, 7) is 8.59. The summed E-state index contributed by atoms with van der Waals surface area (Å²) in [5.41, 5.74) is 13.7. The van der Waals surface area contributed by atoms with Gasteiger partial charge in [0.25, 0.3) is 0 Å². The molecule has 0 spiro atoms. The molecule has 1 aromatic heterocycles. The molecule has 1 saturated heterocycles. The molecule has 8 bridgehead atoms. The number of hydrogen-bond acceptors (Lipinski definition) is 3. The monoisotopic (exact) mass is 368 g/mol. The first-order valence-electron chi connectivity index (χ1n) is 9.83. The Morgan fingerprint density at radius 2 is 1.29 bits per heavy atom. The largest absolute Gasteiger partial charge is 0.362 e. The molecule has 0 aromatic carbocycles. The van der Waals surface area contributed by atoms with Crippen molar-refractivity contribution in [3.63, 3.8) is 0 Å². The lowest BCUT2D eigenvalue weighted by Crippen LogP contribution is -2.11. The third-order valence-electron chi connectivity index (χ3n) is 6.17. The highest BCUT2D eigenvalue weighted by Crippen LogP contribution is 2.32. The highest BCUT2D eigenvalue weighted by Gasteiger charge is 2.22. The van der Waals surface area contributed by atoms with Gasteiger partial charge in [0.2, 0.25) is 0 Å². The van der Waals surface area contributed by atoms with E-state index in [1.807, 2.05) is 0 Å². The molecule has 0 aliphatic carbocycles. The highest BCUT2D eigenvalue weighted by atomic mass is 14.9. The van der Waals surface area contributed by atoms with Gasteiger partial charge in [0.1, 0.15) is 0 Å². The molecule has 4 nitrogen and oxygen atoms in total. The van der Waals surface area contributed by atoms with Crippen LogP contribution in [0, 0.1) is 0 Å². The van der Waals surface area contributed by atoms with Crippen molar-refractivity contribution in [2.24, 2.45) is 9.98 Å². The SMILES string of the molecule is CC1=C2CCC(=C(C)C3=NC(=C(C)c4cc(c[nH]4)C(C)=C4C=CC1=N4)C=C3)N2. The molecule has 0 radical (unpaired) electrons. The van der Waals surface area contributed by atoms with Gasteiger partial charge in [-0.1, -0.05) is 0 Å². The van der Waals surface area contributed by atoms with Gasteiger partial charge >= 0.3 is 0 Å². The molecule has 0 atom stereocenters. The molecule has 28 heavy (non-hydrogen) atoms. The van der Waals surface area contributed by atoms with E-state index in [2.05, 4.69) is 74.6 Å². The number of nitrogens with one attached hydrogen (secondary N) is 2. The number of rotatable bonds is 0. The van der Waals surface area contributed by atoms with Crippen LogP contribution in [0.5, 0.6) is 0 Å². The molecule has 0 unspecified atom stereocenters. The van der Waals surface area contributed by atoms with Crippen molar-refractivity contribution in [1.29, 1.82) is 0 Å². The molecule has 2 N–H and O–H groups in total. The van der Waals surface area contributed by atoms with Gasteiger partial charge in [-0.25, -0.2) is 9.98 Å². The number of aromatic nitrogens is 1. The maximum Gasteiger partial charge on any atom is 0.0687 e. The first-order valence-corrected chi connectivity index (χ1v) is 9.83. The van der Waals surface area contributed by atoms with Crippen molar-refractivity contribution in [1.82, 2.24) is 10.3 Å². The second kappa shape index (κ2) is 6.20. The molecule has 1 fully saturated rings. The van der Waals surface area contributed by atoms with Crippen LogP contribution in [0.4, 0.5) is 0 Å². The van der Waals surface area contributed by atoms with Crippen LogP contribution in [0.15, 0.2) is 80.5 Å². The zero-order valence-electron chi connectivity index (χ0n) is 16.8. The van der Waals surface area contributed by atoms with Crippen LogP contribution in [-0.2, 0) is 0 Å². The summed E-state index contributed by atoms with van der Waals surface area (Å²) in [4.78, 5) is 13.2. The summed E-state index contributed by atoms with van der Waals surface area (Å²) in [7, 11) is 0. The van der Waals surface area contributed by atoms with Crippen LogP contribution in [0.1, 0.15) is 51.8 Å². The highest BCUT2D eigenvalue weighted by molar-refractivity contribution is 6.13. The van der Waals surface area contributed by atoms with Crippen molar-refractivity contribution >= 4 is 22.6 Å². The molecule has 4 aliphatic heterocycles. The lowest BCUT2D eigenvalue weighted by atomic mass is 10.1. The fourth-order valence-corrected chi connectivity index (χ4v) is 4.10. The standard InChI is InChI=1S/C24H24N4/c1-13-17-11-24(25-12-17)16(4)23-10-9-22(28-23)15(3)21-8-7-20(27-21)14(2)19-6-5-18(13)26-19/h5-6,9-12,25,27H,7-8H2,1-4H3. The minimum absolute atomic E-state index is 1.02. The van der Waals surface area contributed by atoms with E-state index >= 15 is 0 Å². The Morgan fingerprint density at radius 3 is 1.89 bits per heavy atom. The van der Waals surface area contributed by atoms with E-state index in [0.29, 0.717) is 0 Å². The van der Waals surface area contributed by atoms with E-state index < -0.39 is 0 Å². The fraction of sp³-hybridized carbons (Fsp3) is 0.250. The molecule has 4 aliphatic rings. The second-order valence-corrected chi connectivity index (χ2v) is 7.82. The Kier molecular flexibility index (Phi) is 3.76. The Bertz CT molecular complexity index is 1060. The van der Waals surface area contributed by atoms with Crippen LogP contribution in [0.25, 0.3) is 11.1 Å². The summed E-state index contributed by atoms with van der Waals surface area (Å²) >= 11 is 0. The first kappa shape index (κ1) is 17.0. The topological polar surface area (TPSA) is 52.5 Å². The van der Waals surface area contributed by atoms with E-state index in [0.717, 1.165) is 46.9 Å². The molecule has 1 aromatic rings. The maximum absolute atomic E-state index is 4.92.